The molecule has 1 aliphatic heterocycles. The molecule has 0 spiro atoms. The van der Waals surface area contributed by atoms with Gasteiger partial charge in [0.1, 0.15) is 5.02 Å². The van der Waals surface area contributed by atoms with E-state index in [0.29, 0.717) is 11.3 Å². The third-order valence-corrected chi connectivity index (χ3v) is 3.98. The van der Waals surface area contributed by atoms with Gasteiger partial charge in [0.05, 0.1) is 23.6 Å². The first-order valence-electron chi connectivity index (χ1n) is 6.55. The highest BCUT2D eigenvalue weighted by Gasteiger charge is 2.35. The first kappa shape index (κ1) is 16.8. The van der Waals surface area contributed by atoms with Crippen molar-refractivity contribution in [3.63, 3.8) is 0 Å². The Morgan fingerprint density at radius 1 is 1.48 bits per heavy atom. The minimum Gasteiger partial charge on any atom is -0.466 e. The van der Waals surface area contributed by atoms with Gasteiger partial charge in [-0.1, -0.05) is 17.7 Å². The van der Waals surface area contributed by atoms with Crippen molar-refractivity contribution in [2.75, 3.05) is 14.2 Å². The third kappa shape index (κ3) is 2.98. The fourth-order valence-electron chi connectivity index (χ4n) is 2.31. The van der Waals surface area contributed by atoms with Gasteiger partial charge in [-0.05, 0) is 18.6 Å². The van der Waals surface area contributed by atoms with Crippen LogP contribution in [0.1, 0.15) is 18.5 Å². The molecular weight excluding hydrogens is 326 g/mol. The smallest absolute Gasteiger partial charge is 0.337 e. The number of hydrogen-bond acceptors (Lipinski definition) is 5. The van der Waals surface area contributed by atoms with Crippen LogP contribution in [0.5, 0.6) is 0 Å². The number of halogens is 1. The molecule has 0 unspecified atom stereocenters. The molecule has 1 aromatic carbocycles. The maximum Gasteiger partial charge on any atom is 0.337 e. The van der Waals surface area contributed by atoms with Crippen LogP contribution in [0.15, 0.2) is 29.5 Å². The Labute approximate surface area is 136 Å². The van der Waals surface area contributed by atoms with Gasteiger partial charge in [-0.25, -0.2) is 9.59 Å². The molecule has 1 aromatic rings. The molecule has 0 saturated carbocycles. The van der Waals surface area contributed by atoms with Crippen LogP contribution in [-0.2, 0) is 9.53 Å². The van der Waals surface area contributed by atoms with Gasteiger partial charge >= 0.3 is 12.0 Å². The minimum atomic E-state index is -0.859. The highest BCUT2D eigenvalue weighted by Crippen LogP contribution is 2.34. The van der Waals surface area contributed by atoms with Crippen molar-refractivity contribution in [1.82, 2.24) is 10.2 Å². The molecule has 0 bridgehead atoms. The third-order valence-electron chi connectivity index (χ3n) is 3.66. The zero-order valence-electron chi connectivity index (χ0n) is 12.6. The number of esters is 1. The Morgan fingerprint density at radius 3 is 2.70 bits per heavy atom. The summed E-state index contributed by atoms with van der Waals surface area (Å²) >= 11 is 5.80. The zero-order valence-corrected chi connectivity index (χ0v) is 13.4. The van der Waals surface area contributed by atoms with Crippen molar-refractivity contribution in [3.05, 3.63) is 50.2 Å². The largest absolute Gasteiger partial charge is 0.466 e. The first-order valence-corrected chi connectivity index (χ1v) is 6.92. The van der Waals surface area contributed by atoms with Crippen molar-refractivity contribution >= 4 is 29.3 Å². The van der Waals surface area contributed by atoms with Gasteiger partial charge in [-0.15, -0.1) is 0 Å². The minimum absolute atomic E-state index is 0.0293. The Bertz CT molecular complexity index is 731. The SMILES string of the molecule is COC(=O)C1=C(C)N(C)C(=O)N[C@@H]1c1ccc(Cl)c([N+](=O)[O-])c1. The topological polar surface area (TPSA) is 102 Å². The lowest BCUT2D eigenvalue weighted by atomic mass is 9.95. The van der Waals surface area contributed by atoms with Gasteiger partial charge in [0.25, 0.3) is 5.69 Å². The first-order chi connectivity index (χ1) is 10.8. The van der Waals surface area contributed by atoms with E-state index in [1.165, 1.54) is 37.3 Å². The lowest BCUT2D eigenvalue weighted by Gasteiger charge is -2.33. The molecule has 122 valence electrons. The molecule has 0 saturated heterocycles. The fraction of sp³-hybridized carbons (Fsp3) is 0.286. The number of rotatable bonds is 3. The number of nitrogens with one attached hydrogen (secondary N) is 1. The van der Waals surface area contributed by atoms with Gasteiger partial charge in [-0.2, -0.15) is 0 Å². The number of carbonyl (C=O) groups excluding carboxylic acids is 2. The Balaban J connectivity index is 2.60. The predicted molar refractivity (Wildman–Crippen MR) is 81.9 cm³/mol. The predicted octanol–water partition coefficient (Wildman–Crippen LogP) is 2.39. The molecule has 9 heteroatoms. The Kier molecular flexibility index (Phi) is 4.55. The van der Waals surface area contributed by atoms with E-state index < -0.39 is 23.0 Å². The van der Waals surface area contributed by atoms with Crippen molar-refractivity contribution in [2.45, 2.75) is 13.0 Å². The van der Waals surface area contributed by atoms with Crippen molar-refractivity contribution in [2.24, 2.45) is 0 Å². The normalized spacial score (nSPS) is 17.8. The summed E-state index contributed by atoms with van der Waals surface area (Å²) in [6.07, 6.45) is 0. The van der Waals surface area contributed by atoms with E-state index in [9.17, 15) is 19.7 Å². The molecule has 0 fully saturated rings. The molecule has 1 heterocycles. The van der Waals surface area contributed by atoms with Gasteiger partial charge in [0.15, 0.2) is 0 Å². The number of methoxy groups -OCH3 is 1. The van der Waals surface area contributed by atoms with Gasteiger partial charge in [0.2, 0.25) is 0 Å². The average Bonchev–Trinajstić information content (AvgIpc) is 2.51. The number of hydrogen-bond donors (Lipinski definition) is 1. The van der Waals surface area contributed by atoms with Gasteiger partial charge in [0, 0.05) is 18.8 Å². The molecule has 2 rings (SSSR count). The van der Waals surface area contributed by atoms with Crippen LogP contribution in [0.25, 0.3) is 0 Å². The standard InChI is InChI=1S/C14H14ClN3O5/c1-7-11(13(19)23-3)12(16-14(20)17(7)2)8-4-5-9(15)10(6-8)18(21)22/h4-6,12H,1-3H3,(H,16,20)/t12-/m1/s1. The molecule has 0 radical (unpaired) electrons. The van der Waals surface area contributed by atoms with Crippen LogP contribution >= 0.6 is 11.6 Å². The van der Waals surface area contributed by atoms with E-state index in [4.69, 9.17) is 16.3 Å². The van der Waals surface area contributed by atoms with Gasteiger partial charge < -0.3 is 15.0 Å². The molecular formula is C14H14ClN3O5. The van der Waals surface area contributed by atoms with Crippen LogP contribution < -0.4 is 5.32 Å². The second-order valence-electron chi connectivity index (χ2n) is 4.90. The number of nitro groups is 1. The highest BCUT2D eigenvalue weighted by atomic mass is 35.5. The maximum absolute atomic E-state index is 12.1. The quantitative estimate of drug-likeness (QED) is 0.517. The number of urea groups is 1. The summed E-state index contributed by atoms with van der Waals surface area (Å²) < 4.78 is 4.76. The summed E-state index contributed by atoms with van der Waals surface area (Å²) in [6, 6.07) is 2.81. The number of amides is 2. The van der Waals surface area contributed by atoms with E-state index in [-0.39, 0.29) is 16.3 Å². The highest BCUT2D eigenvalue weighted by molar-refractivity contribution is 6.32. The van der Waals surface area contributed by atoms with E-state index in [1.54, 1.807) is 6.92 Å². The van der Waals surface area contributed by atoms with Gasteiger partial charge in [-0.3, -0.25) is 10.1 Å². The number of nitro benzene ring substituents is 1. The van der Waals surface area contributed by atoms with E-state index in [1.807, 2.05) is 0 Å². The van der Waals surface area contributed by atoms with E-state index >= 15 is 0 Å². The Hall–Kier alpha value is -2.61. The molecule has 8 nitrogen and oxygen atoms in total. The number of benzene rings is 1. The zero-order chi connectivity index (χ0) is 17.3. The van der Waals surface area contributed by atoms with Crippen LogP contribution in [0.2, 0.25) is 5.02 Å². The van der Waals surface area contributed by atoms with Crippen LogP contribution in [-0.4, -0.2) is 36.0 Å². The molecule has 1 N–H and O–H groups in total. The summed E-state index contributed by atoms with van der Waals surface area (Å²) in [7, 11) is 2.73. The van der Waals surface area contributed by atoms with Crippen LogP contribution in [0.3, 0.4) is 0 Å². The summed E-state index contributed by atoms with van der Waals surface area (Å²) in [5.41, 5.74) is 0.663. The second kappa shape index (κ2) is 6.25. The number of carbonyl (C=O) groups is 2. The number of allylic oxidation sites excluding steroid dienone is 1. The molecule has 1 atom stereocenters. The summed E-state index contributed by atoms with van der Waals surface area (Å²) in [6.45, 7) is 1.60. The van der Waals surface area contributed by atoms with Crippen molar-refractivity contribution in [3.8, 4) is 0 Å². The molecule has 0 aliphatic carbocycles. The van der Waals surface area contributed by atoms with Crippen molar-refractivity contribution in [1.29, 1.82) is 0 Å². The fourth-order valence-corrected chi connectivity index (χ4v) is 2.50. The van der Waals surface area contributed by atoms with Crippen LogP contribution in [0, 0.1) is 10.1 Å². The molecule has 23 heavy (non-hydrogen) atoms. The molecule has 0 aromatic heterocycles. The molecule has 2 amide bonds. The van der Waals surface area contributed by atoms with E-state index in [2.05, 4.69) is 5.32 Å². The second-order valence-corrected chi connectivity index (χ2v) is 5.31. The summed E-state index contributed by atoms with van der Waals surface area (Å²) in [4.78, 5) is 35.8. The lowest BCUT2D eigenvalue weighted by Crippen LogP contribution is -2.46. The maximum atomic E-state index is 12.1. The van der Waals surface area contributed by atoms with Crippen LogP contribution in [0.4, 0.5) is 10.5 Å². The summed E-state index contributed by atoms with van der Waals surface area (Å²) in [5.74, 6) is -0.628. The monoisotopic (exact) mass is 339 g/mol. The summed E-state index contributed by atoms with van der Waals surface area (Å²) in [5, 5.41) is 13.6. The Morgan fingerprint density at radius 2 is 2.13 bits per heavy atom. The molecule has 1 aliphatic rings. The lowest BCUT2D eigenvalue weighted by molar-refractivity contribution is -0.384. The van der Waals surface area contributed by atoms with Crippen molar-refractivity contribution < 1.29 is 19.2 Å². The van der Waals surface area contributed by atoms with E-state index in [0.717, 1.165) is 0 Å². The number of ether oxygens (including phenoxy) is 1. The number of nitrogens with zero attached hydrogens (tertiary/aromatic N) is 2. The average molecular weight is 340 g/mol.